The van der Waals surface area contributed by atoms with Gasteiger partial charge in [-0.05, 0) is 24.1 Å². The zero-order chi connectivity index (χ0) is 13.8. The summed E-state index contributed by atoms with van der Waals surface area (Å²) in [6, 6.07) is 8.32. The number of ether oxygens (including phenoxy) is 2. The second-order valence-electron chi connectivity index (χ2n) is 4.72. The molecule has 0 aliphatic heterocycles. The molecule has 0 aliphatic rings. The molecule has 1 aromatic rings. The van der Waals surface area contributed by atoms with Gasteiger partial charge in [-0.2, -0.15) is 0 Å². The molecule has 0 aliphatic carbocycles. The van der Waals surface area contributed by atoms with E-state index in [1.54, 1.807) is 7.11 Å². The van der Waals surface area contributed by atoms with Crippen LogP contribution in [0.2, 0.25) is 0 Å². The number of rotatable bonds is 11. The molecule has 19 heavy (non-hydrogen) atoms. The lowest BCUT2D eigenvalue weighted by atomic mass is 10.2. The maximum Gasteiger partial charge on any atom is 0.119 e. The van der Waals surface area contributed by atoms with Crippen molar-refractivity contribution in [1.82, 2.24) is 5.32 Å². The van der Waals surface area contributed by atoms with Crippen LogP contribution in [-0.2, 0) is 11.3 Å². The summed E-state index contributed by atoms with van der Waals surface area (Å²) >= 11 is 0. The second-order valence-corrected chi connectivity index (χ2v) is 4.72. The van der Waals surface area contributed by atoms with E-state index in [2.05, 4.69) is 24.4 Å². The third-order valence-corrected chi connectivity index (χ3v) is 3.00. The zero-order valence-corrected chi connectivity index (χ0v) is 12.3. The monoisotopic (exact) mass is 265 g/mol. The van der Waals surface area contributed by atoms with Crippen LogP contribution in [0.1, 0.15) is 38.2 Å². The Bertz CT molecular complexity index is 311. The van der Waals surface area contributed by atoms with Gasteiger partial charge in [0.25, 0.3) is 0 Å². The van der Waals surface area contributed by atoms with Gasteiger partial charge in [0.15, 0.2) is 0 Å². The first-order chi connectivity index (χ1) is 9.36. The van der Waals surface area contributed by atoms with Crippen molar-refractivity contribution in [2.75, 3.05) is 26.9 Å². The molecule has 0 heterocycles. The van der Waals surface area contributed by atoms with Crippen LogP contribution in [0.3, 0.4) is 0 Å². The van der Waals surface area contributed by atoms with Crippen molar-refractivity contribution in [3.8, 4) is 5.75 Å². The molecule has 1 aromatic carbocycles. The number of hydrogen-bond donors (Lipinski definition) is 1. The summed E-state index contributed by atoms with van der Waals surface area (Å²) in [4.78, 5) is 0. The lowest BCUT2D eigenvalue weighted by molar-refractivity contribution is 0.199. The van der Waals surface area contributed by atoms with Gasteiger partial charge in [0.05, 0.1) is 13.2 Å². The second kappa shape index (κ2) is 10.8. The minimum Gasteiger partial charge on any atom is -0.494 e. The van der Waals surface area contributed by atoms with E-state index in [-0.39, 0.29) is 0 Å². The molecule has 0 atom stereocenters. The summed E-state index contributed by atoms with van der Waals surface area (Å²) in [7, 11) is 1.72. The van der Waals surface area contributed by atoms with Crippen molar-refractivity contribution in [2.45, 2.75) is 39.2 Å². The summed E-state index contributed by atoms with van der Waals surface area (Å²) in [6.45, 7) is 5.55. The summed E-state index contributed by atoms with van der Waals surface area (Å²) in [5, 5.41) is 3.32. The van der Waals surface area contributed by atoms with Gasteiger partial charge in [-0.1, -0.05) is 38.3 Å². The molecule has 0 bridgehead atoms. The lowest BCUT2D eigenvalue weighted by Gasteiger charge is -2.08. The third-order valence-electron chi connectivity index (χ3n) is 3.00. The fourth-order valence-corrected chi connectivity index (χ4v) is 1.83. The van der Waals surface area contributed by atoms with Crippen molar-refractivity contribution in [3.63, 3.8) is 0 Å². The average Bonchev–Trinajstić information content (AvgIpc) is 2.45. The van der Waals surface area contributed by atoms with Crippen molar-refractivity contribution >= 4 is 0 Å². The molecule has 0 spiro atoms. The Morgan fingerprint density at radius 3 is 2.47 bits per heavy atom. The Morgan fingerprint density at radius 2 is 1.79 bits per heavy atom. The molecule has 0 saturated heterocycles. The SMILES string of the molecule is CCCCCCOc1ccc(CNCCOC)cc1. The fourth-order valence-electron chi connectivity index (χ4n) is 1.83. The minimum atomic E-state index is 0.749. The smallest absolute Gasteiger partial charge is 0.119 e. The number of benzene rings is 1. The van der Waals surface area contributed by atoms with Crippen LogP contribution >= 0.6 is 0 Å². The highest BCUT2D eigenvalue weighted by molar-refractivity contribution is 5.27. The molecule has 108 valence electrons. The molecule has 0 amide bonds. The van der Waals surface area contributed by atoms with E-state index in [1.807, 2.05) is 12.1 Å². The largest absolute Gasteiger partial charge is 0.494 e. The van der Waals surface area contributed by atoms with Crippen LogP contribution in [0.4, 0.5) is 0 Å². The van der Waals surface area contributed by atoms with E-state index in [4.69, 9.17) is 9.47 Å². The van der Waals surface area contributed by atoms with Crippen LogP contribution in [0.25, 0.3) is 0 Å². The standard InChI is InChI=1S/C16H27NO2/c1-3-4-5-6-12-19-16-9-7-15(8-10-16)14-17-11-13-18-2/h7-10,17H,3-6,11-14H2,1-2H3. The molecular weight excluding hydrogens is 238 g/mol. The Kier molecular flexibility index (Phi) is 9.11. The molecule has 0 unspecified atom stereocenters. The number of methoxy groups -OCH3 is 1. The molecule has 0 radical (unpaired) electrons. The Morgan fingerprint density at radius 1 is 1.00 bits per heavy atom. The molecule has 3 heteroatoms. The predicted octanol–water partition coefficient (Wildman–Crippen LogP) is 3.38. The van der Waals surface area contributed by atoms with Gasteiger partial charge < -0.3 is 14.8 Å². The quantitative estimate of drug-likeness (QED) is 0.622. The lowest BCUT2D eigenvalue weighted by Crippen LogP contribution is -2.18. The highest BCUT2D eigenvalue weighted by Crippen LogP contribution is 2.13. The van der Waals surface area contributed by atoms with E-state index in [1.165, 1.54) is 24.8 Å². The van der Waals surface area contributed by atoms with Gasteiger partial charge in [-0.15, -0.1) is 0 Å². The Labute approximate surface area is 117 Å². The Balaban J connectivity index is 2.16. The van der Waals surface area contributed by atoms with Gasteiger partial charge in [-0.25, -0.2) is 0 Å². The molecule has 0 aromatic heterocycles. The van der Waals surface area contributed by atoms with Crippen LogP contribution in [0.15, 0.2) is 24.3 Å². The number of nitrogens with one attached hydrogen (secondary N) is 1. The summed E-state index contributed by atoms with van der Waals surface area (Å²) in [5.41, 5.74) is 1.27. The normalized spacial score (nSPS) is 10.6. The highest BCUT2D eigenvalue weighted by Gasteiger charge is 1.96. The van der Waals surface area contributed by atoms with E-state index in [0.717, 1.165) is 38.5 Å². The van der Waals surface area contributed by atoms with Gasteiger partial charge in [-0.3, -0.25) is 0 Å². The highest BCUT2D eigenvalue weighted by atomic mass is 16.5. The van der Waals surface area contributed by atoms with Crippen molar-refractivity contribution < 1.29 is 9.47 Å². The topological polar surface area (TPSA) is 30.5 Å². The van der Waals surface area contributed by atoms with E-state index < -0.39 is 0 Å². The maximum atomic E-state index is 5.71. The summed E-state index contributed by atoms with van der Waals surface area (Å²) < 4.78 is 10.7. The maximum absolute atomic E-state index is 5.71. The van der Waals surface area contributed by atoms with Crippen molar-refractivity contribution in [3.05, 3.63) is 29.8 Å². The number of hydrogen-bond acceptors (Lipinski definition) is 3. The van der Waals surface area contributed by atoms with Gasteiger partial charge in [0.2, 0.25) is 0 Å². The molecule has 3 nitrogen and oxygen atoms in total. The van der Waals surface area contributed by atoms with Crippen molar-refractivity contribution in [1.29, 1.82) is 0 Å². The van der Waals surface area contributed by atoms with Crippen LogP contribution < -0.4 is 10.1 Å². The third kappa shape index (κ3) is 7.85. The van der Waals surface area contributed by atoms with Crippen LogP contribution in [-0.4, -0.2) is 26.9 Å². The first kappa shape index (κ1) is 16.0. The Hall–Kier alpha value is -1.06. The van der Waals surface area contributed by atoms with E-state index in [9.17, 15) is 0 Å². The molecule has 1 rings (SSSR count). The molecule has 0 saturated carbocycles. The van der Waals surface area contributed by atoms with Crippen LogP contribution in [0.5, 0.6) is 5.75 Å². The molecule has 0 fully saturated rings. The zero-order valence-electron chi connectivity index (χ0n) is 12.3. The average molecular weight is 265 g/mol. The summed E-state index contributed by atoms with van der Waals surface area (Å²) in [5.74, 6) is 0.970. The van der Waals surface area contributed by atoms with E-state index >= 15 is 0 Å². The first-order valence-corrected chi connectivity index (χ1v) is 7.28. The predicted molar refractivity (Wildman–Crippen MR) is 79.7 cm³/mol. The van der Waals surface area contributed by atoms with E-state index in [0.29, 0.717) is 0 Å². The van der Waals surface area contributed by atoms with Gasteiger partial charge in [0, 0.05) is 20.2 Å². The molecular formula is C16H27NO2. The van der Waals surface area contributed by atoms with Gasteiger partial charge in [0.1, 0.15) is 5.75 Å². The first-order valence-electron chi connectivity index (χ1n) is 7.28. The summed E-state index contributed by atoms with van der Waals surface area (Å²) in [6.07, 6.45) is 4.98. The minimum absolute atomic E-state index is 0.749. The van der Waals surface area contributed by atoms with Crippen molar-refractivity contribution in [2.24, 2.45) is 0 Å². The van der Waals surface area contributed by atoms with Crippen LogP contribution in [0, 0.1) is 0 Å². The fraction of sp³-hybridized carbons (Fsp3) is 0.625. The van der Waals surface area contributed by atoms with Gasteiger partial charge >= 0.3 is 0 Å². The molecule has 1 N–H and O–H groups in total. The number of unbranched alkanes of at least 4 members (excludes halogenated alkanes) is 3.